The first-order valence-electron chi connectivity index (χ1n) is 5.74. The van der Waals surface area contributed by atoms with Crippen molar-refractivity contribution in [1.82, 2.24) is 9.62 Å². The number of piperazine rings is 1. The van der Waals surface area contributed by atoms with Crippen molar-refractivity contribution in [3.8, 4) is 0 Å². The van der Waals surface area contributed by atoms with Crippen LogP contribution in [0.3, 0.4) is 0 Å². The number of hydrogen-bond acceptors (Lipinski definition) is 3. The Bertz CT molecular complexity index is 336. The van der Waals surface area contributed by atoms with Gasteiger partial charge >= 0.3 is 0 Å². The van der Waals surface area contributed by atoms with Crippen LogP contribution in [0.1, 0.15) is 26.7 Å². The van der Waals surface area contributed by atoms with Gasteiger partial charge in [0, 0.05) is 13.1 Å². The Hall–Kier alpha value is -0.620. The molecule has 0 aromatic heterocycles. The number of sulfonamides is 1. The zero-order chi connectivity index (χ0) is 12.2. The standard InChI is InChI=1S/C10H20N2O3S/c1-3-9(4-2)8-16(14,15)12-6-5-11-10(13)7-12/h9H,3-8H2,1-2H3,(H,11,13). The van der Waals surface area contributed by atoms with E-state index in [2.05, 4.69) is 5.32 Å². The zero-order valence-corrected chi connectivity index (χ0v) is 10.7. The lowest BCUT2D eigenvalue weighted by atomic mass is 10.1. The van der Waals surface area contributed by atoms with E-state index in [-0.39, 0.29) is 24.1 Å². The van der Waals surface area contributed by atoms with Gasteiger partial charge in [-0.05, 0) is 5.92 Å². The second-order valence-corrected chi connectivity index (χ2v) is 6.16. The van der Waals surface area contributed by atoms with Crippen LogP contribution < -0.4 is 5.32 Å². The maximum atomic E-state index is 12.0. The molecule has 1 rings (SSSR count). The second-order valence-electron chi connectivity index (χ2n) is 4.14. The third kappa shape index (κ3) is 3.45. The highest BCUT2D eigenvalue weighted by Gasteiger charge is 2.28. The van der Waals surface area contributed by atoms with E-state index in [1.165, 1.54) is 4.31 Å². The van der Waals surface area contributed by atoms with Gasteiger partial charge in [-0.2, -0.15) is 4.31 Å². The summed E-state index contributed by atoms with van der Waals surface area (Å²) in [5, 5.41) is 2.62. The third-order valence-corrected chi connectivity index (χ3v) is 4.99. The molecule has 6 heteroatoms. The van der Waals surface area contributed by atoms with Crippen LogP contribution in [0.25, 0.3) is 0 Å². The number of nitrogens with one attached hydrogen (secondary N) is 1. The molecule has 0 spiro atoms. The maximum absolute atomic E-state index is 12.0. The van der Waals surface area contributed by atoms with Crippen molar-refractivity contribution in [1.29, 1.82) is 0 Å². The molecule has 0 bridgehead atoms. The SMILES string of the molecule is CCC(CC)CS(=O)(=O)N1CCNC(=O)C1. The molecule has 1 N–H and O–H groups in total. The van der Waals surface area contributed by atoms with Gasteiger partial charge in [-0.15, -0.1) is 0 Å². The summed E-state index contributed by atoms with van der Waals surface area (Å²) in [6.07, 6.45) is 1.71. The molecule has 0 aromatic carbocycles. The number of hydrogen-bond donors (Lipinski definition) is 1. The quantitative estimate of drug-likeness (QED) is 0.755. The zero-order valence-electron chi connectivity index (χ0n) is 9.90. The van der Waals surface area contributed by atoms with E-state index in [1.54, 1.807) is 0 Å². The fourth-order valence-electron chi connectivity index (χ4n) is 1.78. The summed E-state index contributed by atoms with van der Waals surface area (Å²) in [5.74, 6) is 0.141. The minimum absolute atomic E-state index is 0.0253. The van der Waals surface area contributed by atoms with E-state index < -0.39 is 10.0 Å². The van der Waals surface area contributed by atoms with Crippen LogP contribution in [0.4, 0.5) is 0 Å². The summed E-state index contributed by atoms with van der Waals surface area (Å²) in [6, 6.07) is 0. The van der Waals surface area contributed by atoms with Gasteiger partial charge in [-0.25, -0.2) is 8.42 Å². The van der Waals surface area contributed by atoms with E-state index in [0.717, 1.165) is 12.8 Å². The molecule has 0 aliphatic carbocycles. The van der Waals surface area contributed by atoms with E-state index in [9.17, 15) is 13.2 Å². The average molecular weight is 248 g/mol. The number of carbonyl (C=O) groups is 1. The molecule has 0 unspecified atom stereocenters. The summed E-state index contributed by atoms with van der Waals surface area (Å²) in [7, 11) is -3.27. The number of amides is 1. The first-order chi connectivity index (χ1) is 7.49. The maximum Gasteiger partial charge on any atom is 0.235 e. The molecule has 94 valence electrons. The molecule has 0 saturated carbocycles. The fraction of sp³-hybridized carbons (Fsp3) is 0.900. The summed E-state index contributed by atoms with van der Waals surface area (Å²) >= 11 is 0. The molecule has 1 aliphatic rings. The van der Waals surface area contributed by atoms with Crippen molar-refractivity contribution in [2.24, 2.45) is 5.92 Å². The molecule has 1 heterocycles. The van der Waals surface area contributed by atoms with Gasteiger partial charge < -0.3 is 5.32 Å². The van der Waals surface area contributed by atoms with Crippen molar-refractivity contribution >= 4 is 15.9 Å². The summed E-state index contributed by atoms with van der Waals surface area (Å²) in [6.45, 7) is 4.77. The average Bonchev–Trinajstić information content (AvgIpc) is 2.26. The van der Waals surface area contributed by atoms with Crippen LogP contribution in [0.2, 0.25) is 0 Å². The van der Waals surface area contributed by atoms with Crippen LogP contribution in [-0.4, -0.2) is 44.0 Å². The van der Waals surface area contributed by atoms with Crippen LogP contribution in [0, 0.1) is 5.92 Å². The lowest BCUT2D eigenvalue weighted by Gasteiger charge is -2.27. The Morgan fingerprint density at radius 1 is 1.38 bits per heavy atom. The highest BCUT2D eigenvalue weighted by Crippen LogP contribution is 2.14. The van der Waals surface area contributed by atoms with E-state index >= 15 is 0 Å². The molecule has 16 heavy (non-hydrogen) atoms. The van der Waals surface area contributed by atoms with Crippen molar-refractivity contribution in [3.63, 3.8) is 0 Å². The van der Waals surface area contributed by atoms with Crippen molar-refractivity contribution in [2.45, 2.75) is 26.7 Å². The Kier molecular flexibility index (Phi) is 4.73. The summed E-state index contributed by atoms with van der Waals surface area (Å²) < 4.78 is 25.3. The van der Waals surface area contributed by atoms with Crippen LogP contribution in [0.15, 0.2) is 0 Å². The minimum Gasteiger partial charge on any atom is -0.354 e. The molecule has 1 fully saturated rings. The van der Waals surface area contributed by atoms with Crippen molar-refractivity contribution in [3.05, 3.63) is 0 Å². The monoisotopic (exact) mass is 248 g/mol. The summed E-state index contributed by atoms with van der Waals surface area (Å²) in [5.41, 5.74) is 0. The van der Waals surface area contributed by atoms with Gasteiger partial charge in [0.2, 0.25) is 15.9 Å². The Morgan fingerprint density at radius 3 is 2.50 bits per heavy atom. The van der Waals surface area contributed by atoms with E-state index in [4.69, 9.17) is 0 Å². The molecule has 1 saturated heterocycles. The van der Waals surface area contributed by atoms with Gasteiger partial charge in [-0.1, -0.05) is 26.7 Å². The summed E-state index contributed by atoms with van der Waals surface area (Å²) in [4.78, 5) is 11.1. The molecule has 0 atom stereocenters. The van der Waals surface area contributed by atoms with Gasteiger partial charge in [0.25, 0.3) is 0 Å². The normalized spacial score (nSPS) is 18.8. The number of carbonyl (C=O) groups excluding carboxylic acids is 1. The number of rotatable bonds is 5. The Labute approximate surface area is 97.2 Å². The lowest BCUT2D eigenvalue weighted by Crippen LogP contribution is -2.50. The molecule has 0 aromatic rings. The highest BCUT2D eigenvalue weighted by molar-refractivity contribution is 7.89. The number of nitrogens with zero attached hydrogens (tertiary/aromatic N) is 1. The predicted molar refractivity (Wildman–Crippen MR) is 62.4 cm³/mol. The largest absolute Gasteiger partial charge is 0.354 e. The van der Waals surface area contributed by atoms with Gasteiger partial charge in [0.1, 0.15) is 0 Å². The second kappa shape index (κ2) is 5.63. The molecular weight excluding hydrogens is 228 g/mol. The van der Waals surface area contributed by atoms with E-state index in [1.807, 2.05) is 13.8 Å². The molecule has 1 amide bonds. The highest BCUT2D eigenvalue weighted by atomic mass is 32.2. The first-order valence-corrected chi connectivity index (χ1v) is 7.35. The van der Waals surface area contributed by atoms with Gasteiger partial charge in [-0.3, -0.25) is 4.79 Å². The smallest absolute Gasteiger partial charge is 0.235 e. The van der Waals surface area contributed by atoms with Crippen LogP contribution >= 0.6 is 0 Å². The first kappa shape index (κ1) is 13.4. The minimum atomic E-state index is -3.27. The van der Waals surface area contributed by atoms with Gasteiger partial charge in [0.15, 0.2) is 0 Å². The van der Waals surface area contributed by atoms with Crippen molar-refractivity contribution in [2.75, 3.05) is 25.4 Å². The van der Waals surface area contributed by atoms with Gasteiger partial charge in [0.05, 0.1) is 12.3 Å². The van der Waals surface area contributed by atoms with Crippen LogP contribution in [0.5, 0.6) is 0 Å². The van der Waals surface area contributed by atoms with Crippen molar-refractivity contribution < 1.29 is 13.2 Å². The van der Waals surface area contributed by atoms with Crippen LogP contribution in [-0.2, 0) is 14.8 Å². The Balaban J connectivity index is 2.65. The topological polar surface area (TPSA) is 66.5 Å². The molecule has 0 radical (unpaired) electrons. The lowest BCUT2D eigenvalue weighted by molar-refractivity contribution is -0.122. The molecular formula is C10H20N2O3S. The third-order valence-electron chi connectivity index (χ3n) is 3.00. The molecule has 1 aliphatic heterocycles. The Morgan fingerprint density at radius 2 is 2.00 bits per heavy atom. The predicted octanol–water partition coefficient (Wildman–Crippen LogP) is 0.184. The van der Waals surface area contributed by atoms with E-state index in [0.29, 0.717) is 13.1 Å². The fourth-order valence-corrected chi connectivity index (χ4v) is 3.74. The molecule has 5 nitrogen and oxygen atoms in total.